The normalized spacial score (nSPS) is 14.1. The van der Waals surface area contributed by atoms with Gasteiger partial charge in [0.15, 0.2) is 5.78 Å². The maximum Gasteiger partial charge on any atom is 0.306 e. The summed E-state index contributed by atoms with van der Waals surface area (Å²) < 4.78 is 4.95. The molecule has 0 aliphatic heterocycles. The van der Waals surface area contributed by atoms with Gasteiger partial charge in [0.1, 0.15) is 0 Å². The Morgan fingerprint density at radius 3 is 2.85 bits per heavy atom. The van der Waals surface area contributed by atoms with Crippen LogP contribution in [0, 0.1) is 6.92 Å². The van der Waals surface area contributed by atoms with E-state index in [1.807, 2.05) is 13.0 Å². The van der Waals surface area contributed by atoms with Gasteiger partial charge >= 0.3 is 5.97 Å². The van der Waals surface area contributed by atoms with E-state index in [0.717, 1.165) is 35.1 Å². The standard InChI is InChI=1S/C16H19ClO3/c1-3-20-15(19)8-7-11-10(2)9-13(17)12-5-4-6-14(18)16(11)12/h9H,3-8H2,1-2H3. The van der Waals surface area contributed by atoms with Crippen molar-refractivity contribution in [3.05, 3.63) is 33.3 Å². The van der Waals surface area contributed by atoms with Gasteiger partial charge in [-0.15, -0.1) is 0 Å². The molecule has 1 aliphatic carbocycles. The number of rotatable bonds is 4. The zero-order valence-electron chi connectivity index (χ0n) is 11.9. The number of Topliss-reactive ketones (excluding diaryl/α,β-unsaturated/α-hetero) is 1. The minimum atomic E-state index is -0.223. The van der Waals surface area contributed by atoms with Crippen molar-refractivity contribution in [2.45, 2.75) is 46.0 Å². The van der Waals surface area contributed by atoms with Crippen LogP contribution in [0.15, 0.2) is 6.07 Å². The summed E-state index contributed by atoms with van der Waals surface area (Å²) in [4.78, 5) is 23.7. The molecular weight excluding hydrogens is 276 g/mol. The van der Waals surface area contributed by atoms with Crippen molar-refractivity contribution in [2.24, 2.45) is 0 Å². The molecule has 4 heteroatoms. The van der Waals surface area contributed by atoms with Gasteiger partial charge in [-0.25, -0.2) is 0 Å². The molecule has 0 heterocycles. The maximum absolute atomic E-state index is 12.2. The summed E-state index contributed by atoms with van der Waals surface area (Å²) in [5, 5.41) is 0.672. The molecule has 3 nitrogen and oxygen atoms in total. The van der Waals surface area contributed by atoms with Crippen LogP contribution in [-0.4, -0.2) is 18.4 Å². The fourth-order valence-corrected chi connectivity index (χ4v) is 3.13. The molecule has 108 valence electrons. The van der Waals surface area contributed by atoms with Crippen molar-refractivity contribution in [2.75, 3.05) is 6.61 Å². The Morgan fingerprint density at radius 2 is 2.15 bits per heavy atom. The van der Waals surface area contributed by atoms with Crippen LogP contribution < -0.4 is 0 Å². The Kier molecular flexibility index (Phi) is 4.81. The van der Waals surface area contributed by atoms with Gasteiger partial charge in [0.25, 0.3) is 0 Å². The minimum Gasteiger partial charge on any atom is -0.466 e. The van der Waals surface area contributed by atoms with E-state index >= 15 is 0 Å². The zero-order chi connectivity index (χ0) is 14.7. The van der Waals surface area contributed by atoms with Gasteiger partial charge < -0.3 is 4.74 Å². The van der Waals surface area contributed by atoms with E-state index in [0.29, 0.717) is 30.9 Å². The Bertz CT molecular complexity index is 549. The van der Waals surface area contributed by atoms with E-state index < -0.39 is 0 Å². The molecule has 0 N–H and O–H groups in total. The molecule has 0 bridgehead atoms. The number of halogens is 1. The minimum absolute atomic E-state index is 0.149. The number of hydrogen-bond donors (Lipinski definition) is 0. The Hall–Kier alpha value is -1.35. The number of ether oxygens (including phenoxy) is 1. The average molecular weight is 295 g/mol. The third kappa shape index (κ3) is 3.04. The van der Waals surface area contributed by atoms with Crippen LogP contribution in [0.4, 0.5) is 0 Å². The van der Waals surface area contributed by atoms with Crippen LogP contribution in [0.1, 0.15) is 53.2 Å². The monoisotopic (exact) mass is 294 g/mol. The number of benzene rings is 1. The first-order chi connectivity index (χ1) is 9.54. The summed E-state index contributed by atoms with van der Waals surface area (Å²) in [6.45, 7) is 4.11. The molecule has 1 aromatic rings. The fourth-order valence-electron chi connectivity index (χ4n) is 2.78. The fraction of sp³-hybridized carbons (Fsp3) is 0.500. The van der Waals surface area contributed by atoms with Gasteiger partial charge in [0.05, 0.1) is 6.61 Å². The lowest BCUT2D eigenvalue weighted by molar-refractivity contribution is -0.143. The largest absolute Gasteiger partial charge is 0.466 e. The molecule has 0 saturated heterocycles. The predicted molar refractivity (Wildman–Crippen MR) is 78.4 cm³/mol. The third-order valence-corrected chi connectivity index (χ3v) is 4.04. The van der Waals surface area contributed by atoms with Gasteiger partial charge in [0.2, 0.25) is 0 Å². The van der Waals surface area contributed by atoms with Crippen LogP contribution >= 0.6 is 11.6 Å². The lowest BCUT2D eigenvalue weighted by atomic mass is 9.84. The highest BCUT2D eigenvalue weighted by Gasteiger charge is 2.24. The van der Waals surface area contributed by atoms with Crippen molar-refractivity contribution in [3.8, 4) is 0 Å². The van der Waals surface area contributed by atoms with Crippen molar-refractivity contribution >= 4 is 23.4 Å². The molecule has 0 atom stereocenters. The SMILES string of the molecule is CCOC(=O)CCc1c(C)cc(Cl)c2c1C(=O)CCC2. The lowest BCUT2D eigenvalue weighted by Gasteiger charge is -2.21. The number of carbonyl (C=O) groups is 2. The molecule has 0 unspecified atom stereocenters. The second-order valence-electron chi connectivity index (χ2n) is 5.09. The number of fused-ring (bicyclic) bond motifs is 1. The predicted octanol–water partition coefficient (Wildman–Crippen LogP) is 3.66. The Labute approximate surface area is 124 Å². The van der Waals surface area contributed by atoms with E-state index in [2.05, 4.69) is 0 Å². The van der Waals surface area contributed by atoms with E-state index in [-0.39, 0.29) is 11.8 Å². The smallest absolute Gasteiger partial charge is 0.306 e. The van der Waals surface area contributed by atoms with Crippen molar-refractivity contribution < 1.29 is 14.3 Å². The molecule has 2 rings (SSSR count). The Morgan fingerprint density at radius 1 is 1.40 bits per heavy atom. The topological polar surface area (TPSA) is 43.4 Å². The van der Waals surface area contributed by atoms with Gasteiger partial charge in [-0.1, -0.05) is 11.6 Å². The van der Waals surface area contributed by atoms with Crippen LogP contribution in [0.25, 0.3) is 0 Å². The third-order valence-electron chi connectivity index (χ3n) is 3.70. The highest BCUT2D eigenvalue weighted by atomic mass is 35.5. The molecule has 0 fully saturated rings. The molecule has 1 aromatic carbocycles. The molecule has 0 radical (unpaired) electrons. The van der Waals surface area contributed by atoms with Gasteiger partial charge in [-0.05, 0) is 55.9 Å². The van der Waals surface area contributed by atoms with Crippen molar-refractivity contribution in [3.63, 3.8) is 0 Å². The summed E-state index contributed by atoms with van der Waals surface area (Å²) in [5.74, 6) is -0.0745. The van der Waals surface area contributed by atoms with E-state index in [4.69, 9.17) is 16.3 Å². The highest BCUT2D eigenvalue weighted by molar-refractivity contribution is 6.32. The average Bonchev–Trinajstić information content (AvgIpc) is 2.39. The van der Waals surface area contributed by atoms with Gasteiger partial charge in [0, 0.05) is 23.4 Å². The molecule has 0 aromatic heterocycles. The first-order valence-electron chi connectivity index (χ1n) is 7.04. The number of aryl methyl sites for hydroxylation is 1. The highest BCUT2D eigenvalue weighted by Crippen LogP contribution is 2.33. The quantitative estimate of drug-likeness (QED) is 0.796. The van der Waals surface area contributed by atoms with Crippen LogP contribution in [0.2, 0.25) is 5.02 Å². The summed E-state index contributed by atoms with van der Waals surface area (Å²) in [6, 6.07) is 1.90. The molecular formula is C16H19ClO3. The molecule has 0 spiro atoms. The van der Waals surface area contributed by atoms with E-state index in [9.17, 15) is 9.59 Å². The zero-order valence-corrected chi connectivity index (χ0v) is 12.7. The summed E-state index contributed by atoms with van der Waals surface area (Å²) >= 11 is 6.25. The van der Waals surface area contributed by atoms with Crippen molar-refractivity contribution in [1.82, 2.24) is 0 Å². The van der Waals surface area contributed by atoms with Crippen LogP contribution in [-0.2, 0) is 22.4 Å². The van der Waals surface area contributed by atoms with Gasteiger partial charge in [-0.3, -0.25) is 9.59 Å². The van der Waals surface area contributed by atoms with Gasteiger partial charge in [-0.2, -0.15) is 0 Å². The Balaban J connectivity index is 2.32. The molecule has 1 aliphatic rings. The molecule has 20 heavy (non-hydrogen) atoms. The summed E-state index contributed by atoms with van der Waals surface area (Å²) in [5.41, 5.74) is 3.65. The second kappa shape index (κ2) is 6.40. The van der Waals surface area contributed by atoms with Crippen molar-refractivity contribution in [1.29, 1.82) is 0 Å². The summed E-state index contributed by atoms with van der Waals surface area (Å²) in [6.07, 6.45) is 3.10. The summed E-state index contributed by atoms with van der Waals surface area (Å²) in [7, 11) is 0. The number of carbonyl (C=O) groups excluding carboxylic acids is 2. The van der Waals surface area contributed by atoms with Crippen LogP contribution in [0.5, 0.6) is 0 Å². The number of ketones is 1. The lowest BCUT2D eigenvalue weighted by Crippen LogP contribution is -2.17. The van der Waals surface area contributed by atoms with E-state index in [1.165, 1.54) is 0 Å². The van der Waals surface area contributed by atoms with E-state index in [1.54, 1.807) is 6.92 Å². The molecule has 0 amide bonds. The molecule has 0 saturated carbocycles. The maximum atomic E-state index is 12.2. The van der Waals surface area contributed by atoms with Crippen LogP contribution in [0.3, 0.4) is 0 Å². The first kappa shape index (κ1) is 15.0. The first-order valence-corrected chi connectivity index (χ1v) is 7.42. The number of esters is 1. The number of hydrogen-bond acceptors (Lipinski definition) is 3. The second-order valence-corrected chi connectivity index (χ2v) is 5.50.